The molecule has 0 fully saturated rings. The molecule has 0 aliphatic rings. The van der Waals surface area contributed by atoms with Crippen molar-refractivity contribution < 1.29 is 9.53 Å². The molecule has 1 aromatic rings. The van der Waals surface area contributed by atoms with E-state index in [0.29, 0.717) is 0 Å². The lowest BCUT2D eigenvalue weighted by Crippen LogP contribution is -2.06. The molecule has 0 aliphatic heterocycles. The van der Waals surface area contributed by atoms with Gasteiger partial charge in [0, 0.05) is 4.90 Å². The number of hydrogen-bond donors (Lipinski definition) is 1. The number of benzene rings is 1. The summed E-state index contributed by atoms with van der Waals surface area (Å²) >= 11 is 9.92. The van der Waals surface area contributed by atoms with Gasteiger partial charge in [-0.3, -0.25) is 0 Å². The zero-order valence-corrected chi connectivity index (χ0v) is 9.60. The second-order valence-corrected chi connectivity index (χ2v) is 3.48. The van der Waals surface area contributed by atoms with E-state index in [0.717, 1.165) is 0 Å². The Hall–Kier alpha value is -1.18. The second kappa shape index (κ2) is 5.06. The third kappa shape index (κ3) is 2.44. The molecule has 5 heteroatoms. The van der Waals surface area contributed by atoms with Gasteiger partial charge in [-0.1, -0.05) is 11.6 Å². The maximum absolute atomic E-state index is 11.4. The Morgan fingerprint density at radius 3 is 2.87 bits per heavy atom. The highest BCUT2D eigenvalue weighted by Crippen LogP contribution is 2.28. The molecule has 0 atom stereocenters. The van der Waals surface area contributed by atoms with Gasteiger partial charge in [-0.2, -0.15) is 5.26 Å². The lowest BCUT2D eigenvalue weighted by molar-refractivity contribution is 0.0522. The number of hydrogen-bond acceptors (Lipinski definition) is 4. The molecule has 0 spiro atoms. The fourth-order valence-electron chi connectivity index (χ4n) is 1.02. The predicted molar refractivity (Wildman–Crippen MR) is 59.4 cm³/mol. The molecule has 1 aromatic carbocycles. The standard InChI is InChI=1S/C10H8ClNO2S/c1-2-14-10(13)7-4-3-6(5-12)8(11)9(7)15/h3-4,15H,2H2,1H3. The molecule has 0 radical (unpaired) electrons. The molecule has 0 aliphatic carbocycles. The van der Waals surface area contributed by atoms with E-state index in [1.807, 2.05) is 6.07 Å². The summed E-state index contributed by atoms with van der Waals surface area (Å²) in [5.41, 5.74) is 0.555. The minimum atomic E-state index is -0.492. The molecule has 0 N–H and O–H groups in total. The number of thiol groups is 1. The Morgan fingerprint density at radius 1 is 1.67 bits per heavy atom. The molecule has 0 amide bonds. The molecule has 0 unspecified atom stereocenters. The van der Waals surface area contributed by atoms with Gasteiger partial charge in [0.25, 0.3) is 0 Å². The van der Waals surface area contributed by atoms with E-state index in [1.165, 1.54) is 12.1 Å². The molecular formula is C10H8ClNO2S. The first-order chi connectivity index (χ1) is 7.11. The van der Waals surface area contributed by atoms with Crippen LogP contribution in [-0.4, -0.2) is 12.6 Å². The van der Waals surface area contributed by atoms with Crippen LogP contribution in [0.15, 0.2) is 17.0 Å². The van der Waals surface area contributed by atoms with Gasteiger partial charge in [0.15, 0.2) is 0 Å². The monoisotopic (exact) mass is 241 g/mol. The normalized spacial score (nSPS) is 9.47. The van der Waals surface area contributed by atoms with Gasteiger partial charge >= 0.3 is 5.97 Å². The predicted octanol–water partition coefficient (Wildman–Crippen LogP) is 2.68. The summed E-state index contributed by atoms with van der Waals surface area (Å²) in [4.78, 5) is 11.7. The van der Waals surface area contributed by atoms with Crippen molar-refractivity contribution in [2.24, 2.45) is 0 Å². The number of carbonyl (C=O) groups excluding carboxylic acids is 1. The van der Waals surface area contributed by atoms with E-state index >= 15 is 0 Å². The summed E-state index contributed by atoms with van der Waals surface area (Å²) in [5, 5.41) is 8.86. The summed E-state index contributed by atoms with van der Waals surface area (Å²) in [5.74, 6) is -0.492. The van der Waals surface area contributed by atoms with E-state index in [9.17, 15) is 4.79 Å². The lowest BCUT2D eigenvalue weighted by Gasteiger charge is -2.06. The first-order valence-electron chi connectivity index (χ1n) is 4.20. The van der Waals surface area contributed by atoms with Crippen molar-refractivity contribution in [3.8, 4) is 6.07 Å². The van der Waals surface area contributed by atoms with Crippen molar-refractivity contribution >= 4 is 30.2 Å². The van der Waals surface area contributed by atoms with Crippen LogP contribution in [0.5, 0.6) is 0 Å². The smallest absolute Gasteiger partial charge is 0.339 e. The van der Waals surface area contributed by atoms with E-state index in [4.69, 9.17) is 21.6 Å². The van der Waals surface area contributed by atoms with E-state index in [-0.39, 0.29) is 27.7 Å². The van der Waals surface area contributed by atoms with Crippen molar-refractivity contribution in [2.45, 2.75) is 11.8 Å². The quantitative estimate of drug-likeness (QED) is 0.640. The average Bonchev–Trinajstić information content (AvgIpc) is 2.22. The van der Waals surface area contributed by atoms with E-state index in [2.05, 4.69) is 12.6 Å². The topological polar surface area (TPSA) is 50.1 Å². The van der Waals surface area contributed by atoms with Gasteiger partial charge in [0.05, 0.1) is 22.8 Å². The maximum Gasteiger partial charge on any atom is 0.339 e. The van der Waals surface area contributed by atoms with Gasteiger partial charge in [-0.25, -0.2) is 4.79 Å². The van der Waals surface area contributed by atoms with Gasteiger partial charge in [-0.05, 0) is 19.1 Å². The number of nitrogens with zero attached hydrogens (tertiary/aromatic N) is 1. The highest BCUT2D eigenvalue weighted by Gasteiger charge is 2.15. The van der Waals surface area contributed by atoms with Gasteiger partial charge in [-0.15, -0.1) is 12.6 Å². The summed E-state index contributed by atoms with van der Waals surface area (Å²) in [6.07, 6.45) is 0. The fraction of sp³-hybridized carbons (Fsp3) is 0.200. The first kappa shape index (κ1) is 11.9. The van der Waals surface area contributed by atoms with Crippen molar-refractivity contribution in [3.05, 3.63) is 28.3 Å². The van der Waals surface area contributed by atoms with Gasteiger partial charge in [0.2, 0.25) is 0 Å². The number of halogens is 1. The Balaban J connectivity index is 3.19. The third-order valence-electron chi connectivity index (χ3n) is 1.73. The molecular weight excluding hydrogens is 234 g/mol. The van der Waals surface area contributed by atoms with Crippen LogP contribution in [0, 0.1) is 11.3 Å². The second-order valence-electron chi connectivity index (χ2n) is 2.66. The van der Waals surface area contributed by atoms with Crippen molar-refractivity contribution in [3.63, 3.8) is 0 Å². The molecule has 1 rings (SSSR count). The maximum atomic E-state index is 11.4. The van der Waals surface area contributed by atoms with Crippen LogP contribution >= 0.6 is 24.2 Å². The summed E-state index contributed by atoms with van der Waals surface area (Å²) < 4.78 is 4.81. The van der Waals surface area contributed by atoms with Crippen LogP contribution in [-0.2, 0) is 4.74 Å². The Morgan fingerprint density at radius 2 is 2.33 bits per heavy atom. The Kier molecular flexibility index (Phi) is 4.01. The highest BCUT2D eigenvalue weighted by molar-refractivity contribution is 7.80. The summed E-state index contributed by atoms with van der Waals surface area (Å²) in [7, 11) is 0. The molecule has 0 heterocycles. The van der Waals surface area contributed by atoms with Crippen molar-refractivity contribution in [1.29, 1.82) is 5.26 Å². The van der Waals surface area contributed by atoms with Crippen LogP contribution in [0.3, 0.4) is 0 Å². The minimum Gasteiger partial charge on any atom is -0.462 e. The fourth-order valence-corrected chi connectivity index (χ4v) is 1.52. The summed E-state index contributed by atoms with van der Waals surface area (Å²) in [6.45, 7) is 1.99. The lowest BCUT2D eigenvalue weighted by atomic mass is 10.1. The largest absolute Gasteiger partial charge is 0.462 e. The van der Waals surface area contributed by atoms with Crippen LogP contribution in [0.2, 0.25) is 5.02 Å². The average molecular weight is 242 g/mol. The SMILES string of the molecule is CCOC(=O)c1ccc(C#N)c(Cl)c1S. The summed E-state index contributed by atoms with van der Waals surface area (Å²) in [6, 6.07) is 4.84. The van der Waals surface area contributed by atoms with Gasteiger partial charge < -0.3 is 4.74 Å². The number of carbonyl (C=O) groups is 1. The third-order valence-corrected chi connectivity index (χ3v) is 2.72. The number of esters is 1. The van der Waals surface area contributed by atoms with Crippen molar-refractivity contribution in [1.82, 2.24) is 0 Å². The number of nitriles is 1. The van der Waals surface area contributed by atoms with Gasteiger partial charge in [0.1, 0.15) is 6.07 Å². The Labute approximate surface area is 98.0 Å². The first-order valence-corrected chi connectivity index (χ1v) is 5.03. The molecule has 0 saturated carbocycles. The Bertz CT molecular complexity index is 440. The molecule has 0 saturated heterocycles. The van der Waals surface area contributed by atoms with Crippen LogP contribution in [0.1, 0.15) is 22.8 Å². The van der Waals surface area contributed by atoms with Crippen LogP contribution < -0.4 is 0 Å². The zero-order valence-electron chi connectivity index (χ0n) is 7.95. The highest BCUT2D eigenvalue weighted by atomic mass is 35.5. The van der Waals surface area contributed by atoms with E-state index in [1.54, 1.807) is 6.92 Å². The van der Waals surface area contributed by atoms with Crippen molar-refractivity contribution in [2.75, 3.05) is 6.61 Å². The number of rotatable bonds is 2. The van der Waals surface area contributed by atoms with E-state index < -0.39 is 5.97 Å². The number of ether oxygens (including phenoxy) is 1. The molecule has 78 valence electrons. The molecule has 0 bridgehead atoms. The minimum absolute atomic E-state index is 0.173. The molecule has 0 aromatic heterocycles. The van der Waals surface area contributed by atoms with Crippen LogP contribution in [0.4, 0.5) is 0 Å². The van der Waals surface area contributed by atoms with Crippen LogP contribution in [0.25, 0.3) is 0 Å². The molecule has 3 nitrogen and oxygen atoms in total. The molecule has 15 heavy (non-hydrogen) atoms. The zero-order chi connectivity index (χ0) is 11.4.